The maximum absolute atomic E-state index is 12.8. The molecule has 0 radical (unpaired) electrons. The Labute approximate surface area is 165 Å². The van der Waals surface area contributed by atoms with E-state index in [-0.39, 0.29) is 12.5 Å². The number of hydrogen-bond acceptors (Lipinski definition) is 5. The third-order valence-electron chi connectivity index (χ3n) is 4.58. The molecule has 2 N–H and O–H groups in total. The number of hydrogen-bond donors (Lipinski definition) is 2. The lowest BCUT2D eigenvalue weighted by atomic mass is 10.1. The first-order chi connectivity index (χ1) is 13.1. The maximum Gasteiger partial charge on any atom is 0.272 e. The van der Waals surface area contributed by atoms with Crippen LogP contribution in [-0.4, -0.2) is 36.3 Å². The van der Waals surface area contributed by atoms with E-state index in [1.807, 2.05) is 6.07 Å². The zero-order chi connectivity index (χ0) is 18.8. The largest absolute Gasteiger partial charge is 0.343 e. The summed E-state index contributed by atoms with van der Waals surface area (Å²) in [7, 11) is 0. The minimum Gasteiger partial charge on any atom is -0.343 e. The fourth-order valence-corrected chi connectivity index (χ4v) is 3.80. The van der Waals surface area contributed by atoms with Gasteiger partial charge in [0.15, 0.2) is 11.5 Å². The summed E-state index contributed by atoms with van der Waals surface area (Å²) in [4.78, 5) is 12.8. The van der Waals surface area contributed by atoms with Crippen LogP contribution in [0, 0.1) is 0 Å². The van der Waals surface area contributed by atoms with Crippen molar-refractivity contribution in [2.45, 2.75) is 38.6 Å². The highest BCUT2D eigenvalue weighted by molar-refractivity contribution is 6.35. The number of amides is 1. The second kappa shape index (κ2) is 7.66. The number of H-pyrrole nitrogens is 1. The number of nitrogens with one attached hydrogen (secondary N) is 2. The Morgan fingerprint density at radius 2 is 2.07 bits per heavy atom. The van der Waals surface area contributed by atoms with Gasteiger partial charge >= 0.3 is 0 Å². The van der Waals surface area contributed by atoms with Gasteiger partial charge in [0.1, 0.15) is 0 Å². The number of rotatable bonds is 4. The molecule has 1 aliphatic carbocycles. The Bertz CT molecular complexity index is 968. The summed E-state index contributed by atoms with van der Waals surface area (Å²) in [6.07, 6.45) is 4.85. The molecule has 2 heterocycles. The van der Waals surface area contributed by atoms with E-state index in [0.717, 1.165) is 49.0 Å². The standard InChI is InChI=1S/C17H17Cl2N7O/c18-10-6-7-14(12(19)8-10)26-13-5-3-1-2-4-11(13)16(23-26)17(27)20-9-15-21-24-25-22-15/h6-8H,1-5,9H2,(H,20,27)(H,21,22,24,25). The van der Waals surface area contributed by atoms with Crippen molar-refractivity contribution in [2.24, 2.45) is 0 Å². The van der Waals surface area contributed by atoms with Crippen LogP contribution in [0.15, 0.2) is 18.2 Å². The molecule has 140 valence electrons. The van der Waals surface area contributed by atoms with Crippen molar-refractivity contribution in [2.75, 3.05) is 0 Å². The number of fused-ring (bicyclic) bond motifs is 1. The summed E-state index contributed by atoms with van der Waals surface area (Å²) in [6, 6.07) is 5.27. The molecule has 0 bridgehead atoms. The molecule has 8 nitrogen and oxygen atoms in total. The fourth-order valence-electron chi connectivity index (χ4n) is 3.31. The molecule has 27 heavy (non-hydrogen) atoms. The highest BCUT2D eigenvalue weighted by Gasteiger charge is 2.25. The van der Waals surface area contributed by atoms with Gasteiger partial charge in [-0.25, -0.2) is 4.68 Å². The molecular formula is C17H17Cl2N7O. The second-order valence-electron chi connectivity index (χ2n) is 6.35. The number of carbonyl (C=O) groups is 1. The van der Waals surface area contributed by atoms with Crippen LogP contribution in [0.4, 0.5) is 0 Å². The molecule has 10 heteroatoms. The Morgan fingerprint density at radius 3 is 2.85 bits per heavy atom. The molecule has 1 amide bonds. The van der Waals surface area contributed by atoms with E-state index in [1.54, 1.807) is 16.8 Å². The molecule has 3 aromatic rings. The number of benzene rings is 1. The minimum atomic E-state index is -0.262. The molecule has 1 aliphatic rings. The van der Waals surface area contributed by atoms with Crippen molar-refractivity contribution in [3.05, 3.63) is 51.0 Å². The summed E-state index contributed by atoms with van der Waals surface area (Å²) in [5.74, 6) is 0.149. The van der Waals surface area contributed by atoms with Crippen molar-refractivity contribution in [1.82, 2.24) is 35.7 Å². The van der Waals surface area contributed by atoms with E-state index in [0.29, 0.717) is 21.6 Å². The van der Waals surface area contributed by atoms with Crippen LogP contribution < -0.4 is 5.32 Å². The SMILES string of the molecule is O=C(NCc1nn[nH]n1)c1nn(-c2ccc(Cl)cc2Cl)c2c1CCCCC2. The van der Waals surface area contributed by atoms with Crippen LogP contribution in [-0.2, 0) is 19.4 Å². The molecule has 0 unspecified atom stereocenters. The number of halogens is 2. The van der Waals surface area contributed by atoms with Gasteiger partial charge in [0, 0.05) is 16.3 Å². The summed E-state index contributed by atoms with van der Waals surface area (Å²) < 4.78 is 1.78. The number of aromatic nitrogens is 6. The predicted octanol–water partition coefficient (Wildman–Crippen LogP) is 2.89. The van der Waals surface area contributed by atoms with Crippen LogP contribution in [0.2, 0.25) is 10.0 Å². The summed E-state index contributed by atoms with van der Waals surface area (Å²) in [5.41, 5.74) is 3.14. The van der Waals surface area contributed by atoms with E-state index in [2.05, 4.69) is 31.0 Å². The topological polar surface area (TPSA) is 101 Å². The molecule has 0 fully saturated rings. The average molecular weight is 406 g/mol. The van der Waals surface area contributed by atoms with Crippen molar-refractivity contribution >= 4 is 29.1 Å². The predicted molar refractivity (Wildman–Crippen MR) is 100 cm³/mol. The zero-order valence-electron chi connectivity index (χ0n) is 14.4. The van der Waals surface area contributed by atoms with E-state index < -0.39 is 0 Å². The van der Waals surface area contributed by atoms with Crippen molar-refractivity contribution in [3.8, 4) is 5.69 Å². The van der Waals surface area contributed by atoms with Gasteiger partial charge in [-0.15, -0.1) is 10.2 Å². The van der Waals surface area contributed by atoms with Gasteiger partial charge in [-0.1, -0.05) is 34.8 Å². The van der Waals surface area contributed by atoms with Gasteiger partial charge in [-0.2, -0.15) is 10.3 Å². The lowest BCUT2D eigenvalue weighted by molar-refractivity contribution is 0.0943. The van der Waals surface area contributed by atoms with E-state index in [1.165, 1.54) is 0 Å². The molecule has 0 aliphatic heterocycles. The first-order valence-electron chi connectivity index (χ1n) is 8.70. The molecule has 0 atom stereocenters. The number of tetrazole rings is 1. The Hall–Kier alpha value is -2.45. The van der Waals surface area contributed by atoms with Gasteiger partial charge in [0.05, 0.1) is 17.3 Å². The summed E-state index contributed by atoms with van der Waals surface area (Å²) >= 11 is 12.4. The van der Waals surface area contributed by atoms with Gasteiger partial charge in [0.25, 0.3) is 5.91 Å². The van der Waals surface area contributed by atoms with Gasteiger partial charge in [-0.3, -0.25) is 4.79 Å². The van der Waals surface area contributed by atoms with E-state index >= 15 is 0 Å². The Balaban J connectivity index is 1.71. The molecule has 1 aromatic carbocycles. The third kappa shape index (κ3) is 3.68. The number of aromatic amines is 1. The molecule has 2 aromatic heterocycles. The first-order valence-corrected chi connectivity index (χ1v) is 9.46. The van der Waals surface area contributed by atoms with Crippen molar-refractivity contribution in [3.63, 3.8) is 0 Å². The average Bonchev–Trinajstić information content (AvgIpc) is 3.22. The van der Waals surface area contributed by atoms with Gasteiger partial charge < -0.3 is 5.32 Å². The minimum absolute atomic E-state index is 0.179. The zero-order valence-corrected chi connectivity index (χ0v) is 15.9. The first kappa shape index (κ1) is 17.9. The normalized spacial score (nSPS) is 13.9. The van der Waals surface area contributed by atoms with E-state index in [4.69, 9.17) is 23.2 Å². The Kier molecular flexibility index (Phi) is 5.09. The molecular weight excluding hydrogens is 389 g/mol. The van der Waals surface area contributed by atoms with Crippen LogP contribution in [0.3, 0.4) is 0 Å². The number of carbonyl (C=O) groups excluding carboxylic acids is 1. The third-order valence-corrected chi connectivity index (χ3v) is 5.12. The van der Waals surface area contributed by atoms with Crippen molar-refractivity contribution in [1.29, 1.82) is 0 Å². The second-order valence-corrected chi connectivity index (χ2v) is 7.20. The van der Waals surface area contributed by atoms with Gasteiger partial charge in [0.2, 0.25) is 0 Å². The summed E-state index contributed by atoms with van der Waals surface area (Å²) in [5, 5.41) is 22.0. The molecule has 0 saturated carbocycles. The van der Waals surface area contributed by atoms with Crippen molar-refractivity contribution < 1.29 is 4.79 Å². The highest BCUT2D eigenvalue weighted by Crippen LogP contribution is 2.30. The lowest BCUT2D eigenvalue weighted by Crippen LogP contribution is -2.25. The van der Waals surface area contributed by atoms with Crippen LogP contribution in [0.1, 0.15) is 46.8 Å². The quantitative estimate of drug-likeness (QED) is 0.649. The lowest BCUT2D eigenvalue weighted by Gasteiger charge is -2.09. The van der Waals surface area contributed by atoms with E-state index in [9.17, 15) is 4.79 Å². The molecule has 0 spiro atoms. The smallest absolute Gasteiger partial charge is 0.272 e. The van der Waals surface area contributed by atoms with Crippen LogP contribution in [0.5, 0.6) is 0 Å². The Morgan fingerprint density at radius 1 is 1.22 bits per heavy atom. The van der Waals surface area contributed by atoms with Gasteiger partial charge in [-0.05, 0) is 43.9 Å². The maximum atomic E-state index is 12.8. The van der Waals surface area contributed by atoms with Crippen LogP contribution >= 0.6 is 23.2 Å². The van der Waals surface area contributed by atoms with Crippen LogP contribution in [0.25, 0.3) is 5.69 Å². The molecule has 4 rings (SSSR count). The fraction of sp³-hybridized carbons (Fsp3) is 0.353. The summed E-state index contributed by atoms with van der Waals surface area (Å²) in [6.45, 7) is 0.179. The monoisotopic (exact) mass is 405 g/mol. The number of nitrogens with zero attached hydrogens (tertiary/aromatic N) is 5. The highest BCUT2D eigenvalue weighted by atomic mass is 35.5. The molecule has 0 saturated heterocycles.